The lowest BCUT2D eigenvalue weighted by molar-refractivity contribution is -0.147. The summed E-state index contributed by atoms with van der Waals surface area (Å²) in [5, 5.41) is 6.10. The van der Waals surface area contributed by atoms with Crippen LogP contribution in [0.4, 0.5) is 0 Å². The number of nitrogens with one attached hydrogen (secondary N) is 2. The normalized spacial score (nSPS) is 20.1. The van der Waals surface area contributed by atoms with Gasteiger partial charge in [0.15, 0.2) is 0 Å². The Labute approximate surface area is 213 Å². The molecule has 2 aliphatic rings. The van der Waals surface area contributed by atoms with Gasteiger partial charge in [0.2, 0.25) is 17.7 Å². The lowest BCUT2D eigenvalue weighted by atomic mass is 9.84. The summed E-state index contributed by atoms with van der Waals surface area (Å²) in [5.41, 5.74) is 3.96. The molecule has 0 aromatic heterocycles. The van der Waals surface area contributed by atoms with Crippen LogP contribution in [0.5, 0.6) is 0 Å². The van der Waals surface area contributed by atoms with Gasteiger partial charge in [-0.05, 0) is 46.9 Å². The molecule has 0 bridgehead atoms. The molecule has 2 aromatic carbocycles. The van der Waals surface area contributed by atoms with E-state index in [1.54, 1.807) is 4.90 Å². The fourth-order valence-electron chi connectivity index (χ4n) is 5.31. The maximum atomic E-state index is 14.0. The van der Waals surface area contributed by atoms with Gasteiger partial charge in [0.1, 0.15) is 18.7 Å². The van der Waals surface area contributed by atoms with Crippen LogP contribution in [0.15, 0.2) is 48.5 Å². The summed E-state index contributed by atoms with van der Waals surface area (Å²) in [6, 6.07) is 14.6. The van der Waals surface area contributed by atoms with E-state index < -0.39 is 17.5 Å². The number of hydrogen-bond donors (Lipinski definition) is 2. The molecule has 192 valence electrons. The van der Waals surface area contributed by atoms with Gasteiger partial charge in [-0.3, -0.25) is 14.4 Å². The largest absolute Gasteiger partial charge is 0.375 e. The van der Waals surface area contributed by atoms with E-state index in [4.69, 9.17) is 4.74 Å². The predicted octanol–water partition coefficient (Wildman–Crippen LogP) is 3.31. The molecule has 1 unspecified atom stereocenters. The Kier molecular flexibility index (Phi) is 7.79. The van der Waals surface area contributed by atoms with Crippen molar-refractivity contribution in [1.82, 2.24) is 15.5 Å². The van der Waals surface area contributed by atoms with Crippen LogP contribution < -0.4 is 10.6 Å². The van der Waals surface area contributed by atoms with Crippen LogP contribution in [-0.4, -0.2) is 48.4 Å². The molecule has 2 aromatic rings. The Morgan fingerprint density at radius 3 is 2.39 bits per heavy atom. The van der Waals surface area contributed by atoms with E-state index in [0.29, 0.717) is 13.0 Å². The zero-order chi connectivity index (χ0) is 25.9. The van der Waals surface area contributed by atoms with Crippen molar-refractivity contribution < 1.29 is 19.1 Å². The minimum absolute atomic E-state index is 0.0728. The van der Waals surface area contributed by atoms with E-state index in [0.717, 1.165) is 36.0 Å². The highest BCUT2D eigenvalue weighted by atomic mass is 16.5. The smallest absolute Gasteiger partial charge is 0.246 e. The molecular formula is C29H37N3O4. The van der Waals surface area contributed by atoms with Crippen molar-refractivity contribution in [3.63, 3.8) is 0 Å². The van der Waals surface area contributed by atoms with E-state index in [1.807, 2.05) is 57.2 Å². The maximum Gasteiger partial charge on any atom is 0.246 e. The Hall–Kier alpha value is -3.19. The molecule has 7 heteroatoms. The van der Waals surface area contributed by atoms with Crippen molar-refractivity contribution in [1.29, 1.82) is 0 Å². The van der Waals surface area contributed by atoms with Crippen molar-refractivity contribution in [2.24, 2.45) is 5.41 Å². The number of amides is 3. The molecule has 1 aliphatic carbocycles. The van der Waals surface area contributed by atoms with E-state index in [2.05, 4.69) is 22.8 Å². The molecule has 0 saturated carbocycles. The number of benzene rings is 2. The molecule has 7 nitrogen and oxygen atoms in total. The van der Waals surface area contributed by atoms with Crippen LogP contribution in [0.2, 0.25) is 0 Å². The highest BCUT2D eigenvalue weighted by Gasteiger charge is 2.42. The van der Waals surface area contributed by atoms with Crippen LogP contribution >= 0.6 is 0 Å². The number of rotatable bonds is 6. The molecule has 36 heavy (non-hydrogen) atoms. The zero-order valence-electron chi connectivity index (χ0n) is 21.7. The van der Waals surface area contributed by atoms with Crippen LogP contribution in [0, 0.1) is 5.41 Å². The van der Waals surface area contributed by atoms with Gasteiger partial charge < -0.3 is 20.3 Å². The number of aryl methyl sites for hydroxylation is 1. The summed E-state index contributed by atoms with van der Waals surface area (Å²) >= 11 is 0. The lowest BCUT2D eigenvalue weighted by Crippen LogP contribution is -2.61. The molecule has 2 N–H and O–H groups in total. The van der Waals surface area contributed by atoms with Crippen molar-refractivity contribution >= 4 is 17.7 Å². The molecule has 3 amide bonds. The van der Waals surface area contributed by atoms with Crippen LogP contribution in [-0.2, 0) is 38.5 Å². The van der Waals surface area contributed by atoms with Crippen molar-refractivity contribution in [2.45, 2.75) is 71.1 Å². The number of fused-ring (bicyclic) bond motifs is 2. The predicted molar refractivity (Wildman–Crippen MR) is 138 cm³/mol. The number of methoxy groups -OCH3 is 1. The third-order valence-electron chi connectivity index (χ3n) is 7.21. The molecule has 1 heterocycles. The number of carbonyl (C=O) groups excluding carboxylic acids is 3. The monoisotopic (exact) mass is 491 g/mol. The minimum Gasteiger partial charge on any atom is -0.375 e. The lowest BCUT2D eigenvalue weighted by Gasteiger charge is -2.41. The molecule has 0 spiro atoms. The Morgan fingerprint density at radius 1 is 1.03 bits per heavy atom. The molecule has 1 aliphatic heterocycles. The fraction of sp³-hybridized carbons (Fsp3) is 0.483. The van der Waals surface area contributed by atoms with Gasteiger partial charge >= 0.3 is 0 Å². The van der Waals surface area contributed by atoms with E-state index in [1.165, 1.54) is 12.7 Å². The summed E-state index contributed by atoms with van der Waals surface area (Å²) in [4.78, 5) is 41.8. The molecule has 3 atom stereocenters. The maximum absolute atomic E-state index is 14.0. The minimum atomic E-state index is -0.795. The highest BCUT2D eigenvalue weighted by Crippen LogP contribution is 2.32. The van der Waals surface area contributed by atoms with Crippen LogP contribution in [0.25, 0.3) is 0 Å². The summed E-state index contributed by atoms with van der Waals surface area (Å²) in [6.45, 7) is 5.92. The first-order valence-corrected chi connectivity index (χ1v) is 12.7. The fourth-order valence-corrected chi connectivity index (χ4v) is 5.31. The average molecular weight is 492 g/mol. The quantitative estimate of drug-likeness (QED) is 0.649. The third-order valence-corrected chi connectivity index (χ3v) is 7.21. The summed E-state index contributed by atoms with van der Waals surface area (Å²) < 4.78 is 4.96. The van der Waals surface area contributed by atoms with Gasteiger partial charge in [-0.2, -0.15) is 0 Å². The van der Waals surface area contributed by atoms with E-state index in [9.17, 15) is 14.4 Å². The molecule has 0 saturated heterocycles. The Bertz CT molecular complexity index is 1120. The van der Waals surface area contributed by atoms with Gasteiger partial charge in [-0.15, -0.1) is 0 Å². The second kappa shape index (κ2) is 10.8. The number of hydrogen-bond acceptors (Lipinski definition) is 4. The van der Waals surface area contributed by atoms with Gasteiger partial charge in [-0.1, -0.05) is 69.3 Å². The first kappa shape index (κ1) is 25.9. The highest BCUT2D eigenvalue weighted by molar-refractivity contribution is 5.93. The van der Waals surface area contributed by atoms with Crippen molar-refractivity contribution in [3.8, 4) is 0 Å². The number of nitrogens with zero attached hydrogens (tertiary/aromatic N) is 1. The van der Waals surface area contributed by atoms with Gasteiger partial charge in [0.05, 0.1) is 6.04 Å². The van der Waals surface area contributed by atoms with Gasteiger partial charge in [-0.25, -0.2) is 0 Å². The summed E-state index contributed by atoms with van der Waals surface area (Å²) in [7, 11) is 1.44. The second-order valence-corrected chi connectivity index (χ2v) is 10.9. The van der Waals surface area contributed by atoms with Crippen LogP contribution in [0.3, 0.4) is 0 Å². The Morgan fingerprint density at radius 2 is 1.69 bits per heavy atom. The molecular weight excluding hydrogens is 454 g/mol. The number of carbonyl (C=O) groups is 3. The molecule has 0 fully saturated rings. The van der Waals surface area contributed by atoms with Crippen LogP contribution in [0.1, 0.15) is 61.9 Å². The first-order chi connectivity index (χ1) is 17.2. The molecule has 0 radical (unpaired) electrons. The molecule has 4 rings (SSSR count). The summed E-state index contributed by atoms with van der Waals surface area (Å²) in [5.74, 6) is -0.774. The van der Waals surface area contributed by atoms with E-state index >= 15 is 0 Å². The van der Waals surface area contributed by atoms with Gasteiger partial charge in [0.25, 0.3) is 0 Å². The summed E-state index contributed by atoms with van der Waals surface area (Å²) in [6.07, 6.45) is 3.33. The van der Waals surface area contributed by atoms with Crippen molar-refractivity contribution in [3.05, 3.63) is 70.8 Å². The zero-order valence-corrected chi connectivity index (χ0v) is 21.7. The third kappa shape index (κ3) is 5.62. The SMILES string of the molecule is COCC(=O)N[C@H](C(=O)N1Cc2ccccc2CC1C(=O)N[C@@H]1CCCc2ccccc21)C(C)(C)C. The van der Waals surface area contributed by atoms with Gasteiger partial charge in [0, 0.05) is 20.1 Å². The second-order valence-electron chi connectivity index (χ2n) is 10.9. The number of ether oxygens (including phenoxy) is 1. The topological polar surface area (TPSA) is 87.7 Å². The standard InChI is InChI=1S/C29H37N3O4/c1-29(2,3)26(31-25(33)18-36-4)28(35)32-17-21-12-6-5-11-20(21)16-24(32)27(34)30-23-15-9-13-19-10-7-8-14-22(19)23/h5-8,10-12,14,23-24,26H,9,13,15-18H2,1-4H3,(H,30,34)(H,31,33)/t23-,24?,26-/m1/s1. The Balaban J connectivity index is 1.62. The first-order valence-electron chi connectivity index (χ1n) is 12.7. The average Bonchev–Trinajstić information content (AvgIpc) is 2.86. The van der Waals surface area contributed by atoms with Crippen molar-refractivity contribution in [2.75, 3.05) is 13.7 Å². The van der Waals surface area contributed by atoms with E-state index in [-0.39, 0.29) is 30.4 Å².